The molecule has 1 aliphatic rings. The van der Waals surface area contributed by atoms with E-state index >= 15 is 0 Å². The van der Waals surface area contributed by atoms with Crippen LogP contribution in [0.25, 0.3) is 0 Å². The van der Waals surface area contributed by atoms with Gasteiger partial charge in [0.05, 0.1) is 13.7 Å². The molecule has 2 N–H and O–H groups in total. The molecule has 27 heavy (non-hydrogen) atoms. The molecular formula is C20H27N5O2. The topological polar surface area (TPSA) is 71.5 Å². The van der Waals surface area contributed by atoms with E-state index in [9.17, 15) is 0 Å². The molecule has 0 saturated heterocycles. The number of aryl methyl sites for hydroxylation is 1. The third-order valence-corrected chi connectivity index (χ3v) is 4.28. The van der Waals surface area contributed by atoms with Crippen LogP contribution in [0.15, 0.2) is 36.5 Å². The van der Waals surface area contributed by atoms with Gasteiger partial charge in [0.1, 0.15) is 5.82 Å². The number of rotatable bonds is 9. The highest BCUT2D eigenvalue weighted by molar-refractivity contribution is 5.60. The normalized spacial score (nSPS) is 12.9. The van der Waals surface area contributed by atoms with Crippen LogP contribution in [-0.2, 0) is 0 Å². The van der Waals surface area contributed by atoms with Crippen LogP contribution < -0.4 is 20.1 Å². The van der Waals surface area contributed by atoms with Crippen LogP contribution in [0.5, 0.6) is 11.5 Å². The van der Waals surface area contributed by atoms with Crippen LogP contribution >= 0.6 is 0 Å². The van der Waals surface area contributed by atoms with Gasteiger partial charge in [-0.2, -0.15) is 4.98 Å². The Balaban J connectivity index is 1.63. The second kappa shape index (κ2) is 9.12. The summed E-state index contributed by atoms with van der Waals surface area (Å²) in [5.74, 6) is 2.73. The first-order chi connectivity index (χ1) is 13.2. The molecule has 0 fully saturated rings. The van der Waals surface area contributed by atoms with Crippen molar-refractivity contribution >= 4 is 17.5 Å². The Hall–Kier alpha value is -2.96. The van der Waals surface area contributed by atoms with Gasteiger partial charge >= 0.3 is 0 Å². The molecule has 0 aliphatic carbocycles. The molecule has 0 spiro atoms. The molecule has 0 radical (unpaired) electrons. The first-order valence-corrected chi connectivity index (χ1v) is 9.20. The highest BCUT2D eigenvalue weighted by atomic mass is 16.5. The monoisotopic (exact) mass is 369 g/mol. The van der Waals surface area contributed by atoms with E-state index < -0.39 is 0 Å². The fourth-order valence-corrected chi connectivity index (χ4v) is 2.92. The average molecular weight is 369 g/mol. The van der Waals surface area contributed by atoms with Crippen molar-refractivity contribution in [1.29, 1.82) is 0 Å². The van der Waals surface area contributed by atoms with Crippen LogP contribution in [0, 0.1) is 6.92 Å². The quantitative estimate of drug-likeness (QED) is 0.655. The lowest BCUT2D eigenvalue weighted by Crippen LogP contribution is -2.17. The van der Waals surface area contributed by atoms with E-state index in [1.807, 2.05) is 38.2 Å². The van der Waals surface area contributed by atoms with Gasteiger partial charge in [-0.25, -0.2) is 4.98 Å². The summed E-state index contributed by atoms with van der Waals surface area (Å²) in [5, 5.41) is 6.27. The van der Waals surface area contributed by atoms with Crippen LogP contribution in [0.4, 0.5) is 17.5 Å². The van der Waals surface area contributed by atoms with Crippen molar-refractivity contribution in [1.82, 2.24) is 14.9 Å². The number of anilines is 3. The van der Waals surface area contributed by atoms with Gasteiger partial charge in [0, 0.05) is 43.7 Å². The molecule has 0 saturated carbocycles. The van der Waals surface area contributed by atoms with Gasteiger partial charge in [-0.3, -0.25) is 0 Å². The third-order valence-electron chi connectivity index (χ3n) is 4.28. The maximum atomic E-state index is 5.97. The first kappa shape index (κ1) is 18.8. The van der Waals surface area contributed by atoms with Crippen LogP contribution in [0.3, 0.4) is 0 Å². The fraction of sp³-hybridized carbons (Fsp3) is 0.400. The summed E-state index contributed by atoms with van der Waals surface area (Å²) in [7, 11) is 3.48. The zero-order valence-corrected chi connectivity index (χ0v) is 16.2. The molecule has 2 aromatic rings. The molecule has 144 valence electrons. The molecule has 7 heteroatoms. The Bertz CT molecular complexity index is 794. The molecule has 1 aromatic heterocycles. The van der Waals surface area contributed by atoms with E-state index in [-0.39, 0.29) is 0 Å². The van der Waals surface area contributed by atoms with Gasteiger partial charge in [0.2, 0.25) is 5.95 Å². The van der Waals surface area contributed by atoms with Gasteiger partial charge in [-0.1, -0.05) is 6.08 Å². The maximum Gasteiger partial charge on any atom is 0.229 e. The summed E-state index contributed by atoms with van der Waals surface area (Å²) >= 11 is 0. The lowest BCUT2D eigenvalue weighted by atomic mass is 10.2. The number of nitrogens with zero attached hydrogens (tertiary/aromatic N) is 3. The van der Waals surface area contributed by atoms with Gasteiger partial charge in [-0.05, 0) is 38.1 Å². The van der Waals surface area contributed by atoms with Crippen molar-refractivity contribution in [3.63, 3.8) is 0 Å². The minimum atomic E-state index is 0.538. The highest BCUT2D eigenvalue weighted by Crippen LogP contribution is 2.31. The molecular weight excluding hydrogens is 342 g/mol. The SMILES string of the molecule is CNc1cc(C)nc(Nc2ccc(OC)c(OCCCN3C=CCC3)c2)n1. The number of aromatic nitrogens is 2. The number of ether oxygens (including phenoxy) is 2. The summed E-state index contributed by atoms with van der Waals surface area (Å²) in [5.41, 5.74) is 1.73. The van der Waals surface area contributed by atoms with Crippen molar-refractivity contribution in [2.75, 3.05) is 44.5 Å². The van der Waals surface area contributed by atoms with E-state index in [2.05, 4.69) is 37.8 Å². The average Bonchev–Trinajstić information content (AvgIpc) is 3.18. The second-order valence-corrected chi connectivity index (χ2v) is 6.37. The van der Waals surface area contributed by atoms with Crippen molar-refractivity contribution in [3.05, 3.63) is 42.2 Å². The fourth-order valence-electron chi connectivity index (χ4n) is 2.92. The number of methoxy groups -OCH3 is 1. The standard InChI is InChI=1S/C20H27N5O2/c1-15-13-19(21-2)24-20(22-15)23-16-7-8-17(26-3)18(14-16)27-12-6-11-25-9-4-5-10-25/h4,7-9,13-14H,5-6,10-12H2,1-3H3,(H2,21,22,23,24). The van der Waals surface area contributed by atoms with Crippen molar-refractivity contribution in [3.8, 4) is 11.5 Å². The van der Waals surface area contributed by atoms with Crippen molar-refractivity contribution in [2.45, 2.75) is 19.8 Å². The first-order valence-electron chi connectivity index (χ1n) is 9.20. The molecule has 0 unspecified atom stereocenters. The van der Waals surface area contributed by atoms with Crippen molar-refractivity contribution in [2.24, 2.45) is 0 Å². The molecule has 0 atom stereocenters. The summed E-state index contributed by atoms with van der Waals surface area (Å²) in [6.45, 7) is 4.68. The minimum Gasteiger partial charge on any atom is -0.493 e. The zero-order valence-electron chi connectivity index (χ0n) is 16.2. The molecule has 2 heterocycles. The van der Waals surface area contributed by atoms with E-state index in [1.54, 1.807) is 7.11 Å². The summed E-state index contributed by atoms with van der Waals surface area (Å²) in [6.07, 6.45) is 6.45. The van der Waals surface area contributed by atoms with Crippen LogP contribution in [0.2, 0.25) is 0 Å². The Morgan fingerprint density at radius 1 is 1.19 bits per heavy atom. The lowest BCUT2D eigenvalue weighted by Gasteiger charge is -2.16. The molecule has 0 bridgehead atoms. The predicted octanol–water partition coefficient (Wildman–Crippen LogP) is 3.57. The van der Waals surface area contributed by atoms with Gasteiger partial charge in [0.25, 0.3) is 0 Å². The van der Waals surface area contributed by atoms with Gasteiger partial charge < -0.3 is 25.0 Å². The van der Waals surface area contributed by atoms with Crippen LogP contribution in [0.1, 0.15) is 18.5 Å². The van der Waals surface area contributed by atoms with E-state index in [0.717, 1.165) is 43.1 Å². The maximum absolute atomic E-state index is 5.97. The lowest BCUT2D eigenvalue weighted by molar-refractivity contribution is 0.269. The number of hydrogen-bond donors (Lipinski definition) is 2. The van der Waals surface area contributed by atoms with E-state index in [1.165, 1.54) is 0 Å². The van der Waals surface area contributed by atoms with Gasteiger partial charge in [-0.15, -0.1) is 0 Å². The molecule has 0 amide bonds. The van der Waals surface area contributed by atoms with Crippen molar-refractivity contribution < 1.29 is 9.47 Å². The number of nitrogens with one attached hydrogen (secondary N) is 2. The smallest absolute Gasteiger partial charge is 0.229 e. The largest absolute Gasteiger partial charge is 0.493 e. The molecule has 1 aromatic carbocycles. The van der Waals surface area contributed by atoms with Gasteiger partial charge in [0.15, 0.2) is 11.5 Å². The number of hydrogen-bond acceptors (Lipinski definition) is 7. The Kier molecular flexibility index (Phi) is 6.35. The van der Waals surface area contributed by atoms with E-state index in [4.69, 9.17) is 9.47 Å². The minimum absolute atomic E-state index is 0.538. The third kappa shape index (κ3) is 5.26. The predicted molar refractivity (Wildman–Crippen MR) is 108 cm³/mol. The molecule has 3 rings (SSSR count). The van der Waals surface area contributed by atoms with E-state index in [0.29, 0.717) is 24.1 Å². The molecule has 1 aliphatic heterocycles. The summed E-state index contributed by atoms with van der Waals surface area (Å²) < 4.78 is 11.4. The molecule has 7 nitrogen and oxygen atoms in total. The Morgan fingerprint density at radius 3 is 2.81 bits per heavy atom. The Labute approximate surface area is 160 Å². The zero-order chi connectivity index (χ0) is 19.1. The van der Waals surface area contributed by atoms with Crippen LogP contribution in [-0.4, -0.2) is 48.7 Å². The highest BCUT2D eigenvalue weighted by Gasteiger charge is 2.09. The Morgan fingerprint density at radius 2 is 2.07 bits per heavy atom. The summed E-state index contributed by atoms with van der Waals surface area (Å²) in [4.78, 5) is 11.2. The second-order valence-electron chi connectivity index (χ2n) is 6.37. The summed E-state index contributed by atoms with van der Waals surface area (Å²) in [6, 6.07) is 7.61. The number of benzene rings is 1.